The third-order valence-electron chi connectivity index (χ3n) is 5.38. The van der Waals surface area contributed by atoms with Crippen molar-refractivity contribution in [2.75, 3.05) is 0 Å². The fourth-order valence-electron chi connectivity index (χ4n) is 4.26. The summed E-state index contributed by atoms with van der Waals surface area (Å²) in [6.45, 7) is 6.96. The minimum atomic E-state index is -0.125. The minimum Gasteiger partial charge on any atom is -0.512 e. The van der Waals surface area contributed by atoms with Crippen molar-refractivity contribution in [3.05, 3.63) is 101 Å². The summed E-state index contributed by atoms with van der Waals surface area (Å²) >= 11 is 0. The van der Waals surface area contributed by atoms with E-state index in [2.05, 4.69) is 25.1 Å². The van der Waals surface area contributed by atoms with Gasteiger partial charge in [0.15, 0.2) is 11.6 Å². The molecule has 3 aromatic carbocycles. The molecule has 4 aromatic rings. The molecular formula is C29H24IrNO3-. The standard InChI is InChI=1S/C24H16NO.C5H8O2.Ir/c1-14-11-15(2)13-16(12-14)23-21-17-7-3-4-8-18(17)24(26)22(21)19-9-5-6-10-20(19)25-23;1-4(6)3-5(2)7;/h3-12H,1-2H3;3,6H,1-2H3;/q-1;;/b;4-3-;. The third-order valence-corrected chi connectivity index (χ3v) is 5.38. The first-order chi connectivity index (χ1) is 15.8. The number of hydrogen-bond acceptors (Lipinski definition) is 4. The van der Waals surface area contributed by atoms with E-state index in [1.165, 1.54) is 19.9 Å². The number of fused-ring (bicyclic) bond motifs is 5. The topological polar surface area (TPSA) is 67.3 Å². The van der Waals surface area contributed by atoms with Gasteiger partial charge in [-0.1, -0.05) is 56.3 Å². The Hall–Kier alpha value is -3.40. The number of aromatic nitrogens is 1. The number of allylic oxidation sites excluding steroid dienone is 2. The first-order valence-corrected chi connectivity index (χ1v) is 10.7. The predicted octanol–water partition coefficient (Wildman–Crippen LogP) is 6.56. The van der Waals surface area contributed by atoms with Crippen LogP contribution in [0, 0.1) is 19.9 Å². The Morgan fingerprint density at radius 1 is 0.941 bits per heavy atom. The molecule has 34 heavy (non-hydrogen) atoms. The first kappa shape index (κ1) is 25.2. The molecule has 1 aliphatic rings. The van der Waals surface area contributed by atoms with Crippen LogP contribution in [0.1, 0.15) is 40.9 Å². The number of pyridine rings is 1. The summed E-state index contributed by atoms with van der Waals surface area (Å²) in [7, 11) is 0. The van der Waals surface area contributed by atoms with Crippen molar-refractivity contribution in [1.29, 1.82) is 0 Å². The molecule has 0 spiro atoms. The normalized spacial score (nSPS) is 11.8. The molecule has 0 fully saturated rings. The molecule has 1 aliphatic carbocycles. The van der Waals surface area contributed by atoms with Crippen LogP contribution in [0.5, 0.6) is 0 Å². The zero-order chi connectivity index (χ0) is 23.7. The average molecular weight is 627 g/mol. The van der Waals surface area contributed by atoms with Crippen molar-refractivity contribution in [2.45, 2.75) is 27.7 Å². The molecule has 1 heterocycles. The van der Waals surface area contributed by atoms with Gasteiger partial charge in [-0.15, -0.1) is 34.9 Å². The van der Waals surface area contributed by atoms with Crippen LogP contribution in [0.2, 0.25) is 0 Å². The van der Waals surface area contributed by atoms with Crippen molar-refractivity contribution in [3.8, 4) is 22.4 Å². The fourth-order valence-corrected chi connectivity index (χ4v) is 4.26. The molecule has 0 saturated carbocycles. The van der Waals surface area contributed by atoms with Gasteiger partial charge in [0, 0.05) is 42.7 Å². The second kappa shape index (κ2) is 10.3. The van der Waals surface area contributed by atoms with Crippen molar-refractivity contribution in [2.24, 2.45) is 0 Å². The number of nitrogens with zero attached hydrogens (tertiary/aromatic N) is 1. The number of carbonyl (C=O) groups is 2. The molecule has 0 bridgehead atoms. The van der Waals surface area contributed by atoms with E-state index in [9.17, 15) is 9.59 Å². The van der Waals surface area contributed by atoms with Crippen molar-refractivity contribution in [1.82, 2.24) is 4.98 Å². The summed E-state index contributed by atoms with van der Waals surface area (Å²) < 4.78 is 0. The van der Waals surface area contributed by atoms with E-state index >= 15 is 0 Å². The molecule has 0 unspecified atom stereocenters. The summed E-state index contributed by atoms with van der Waals surface area (Å²) in [5.74, 6) is 0.0207. The van der Waals surface area contributed by atoms with Gasteiger partial charge in [0.05, 0.1) is 11.3 Å². The number of carbonyl (C=O) groups excluding carboxylic acids is 2. The van der Waals surface area contributed by atoms with Crippen LogP contribution in [-0.4, -0.2) is 21.7 Å². The number of aliphatic hydroxyl groups is 1. The van der Waals surface area contributed by atoms with Crippen LogP contribution in [0.4, 0.5) is 0 Å². The minimum absolute atomic E-state index is 0. The molecule has 1 radical (unpaired) electrons. The van der Waals surface area contributed by atoms with Gasteiger partial charge in [-0.05, 0) is 36.7 Å². The van der Waals surface area contributed by atoms with Gasteiger partial charge < -0.3 is 5.11 Å². The number of aryl methyl sites for hydroxylation is 2. The maximum absolute atomic E-state index is 13.2. The molecule has 5 heteroatoms. The van der Waals surface area contributed by atoms with Crippen molar-refractivity contribution >= 4 is 22.5 Å². The van der Waals surface area contributed by atoms with Gasteiger partial charge in [0.25, 0.3) is 0 Å². The summed E-state index contributed by atoms with van der Waals surface area (Å²) in [5.41, 5.74) is 8.27. The molecule has 1 N–H and O–H groups in total. The first-order valence-electron chi connectivity index (χ1n) is 10.7. The smallest absolute Gasteiger partial charge is 0.194 e. The molecule has 0 saturated heterocycles. The second-order valence-electron chi connectivity index (χ2n) is 8.25. The van der Waals surface area contributed by atoms with E-state index in [-0.39, 0.29) is 37.4 Å². The predicted molar refractivity (Wildman–Crippen MR) is 131 cm³/mol. The maximum Gasteiger partial charge on any atom is 0.194 e. The monoisotopic (exact) mass is 627 g/mol. The van der Waals surface area contributed by atoms with Crippen LogP contribution in [0.3, 0.4) is 0 Å². The third kappa shape index (κ3) is 4.91. The van der Waals surface area contributed by atoms with Crippen LogP contribution in [-0.2, 0) is 24.9 Å². The molecule has 0 atom stereocenters. The van der Waals surface area contributed by atoms with Crippen LogP contribution in [0.15, 0.2) is 72.5 Å². The van der Waals surface area contributed by atoms with Gasteiger partial charge in [-0.25, -0.2) is 0 Å². The number of para-hydroxylation sites is 1. The SMILES string of the molecule is CC(=O)/C=C(/C)O.Cc1[c-]c(-c2nc3ccccc3c3c2-c2ccccc2C3=O)cc(C)c1.[Ir]. The van der Waals surface area contributed by atoms with Crippen LogP contribution >= 0.6 is 0 Å². The molecule has 1 aromatic heterocycles. The molecule has 0 aliphatic heterocycles. The van der Waals surface area contributed by atoms with E-state index in [0.29, 0.717) is 0 Å². The van der Waals surface area contributed by atoms with E-state index in [1.54, 1.807) is 0 Å². The van der Waals surface area contributed by atoms with Gasteiger partial charge >= 0.3 is 0 Å². The van der Waals surface area contributed by atoms with E-state index in [0.717, 1.165) is 55.5 Å². The van der Waals surface area contributed by atoms with Crippen molar-refractivity contribution in [3.63, 3.8) is 0 Å². The van der Waals surface area contributed by atoms with E-state index in [4.69, 9.17) is 10.1 Å². The number of aliphatic hydroxyl groups excluding tert-OH is 1. The van der Waals surface area contributed by atoms with Gasteiger partial charge in [0.1, 0.15) is 0 Å². The maximum atomic E-state index is 13.2. The van der Waals surface area contributed by atoms with Crippen LogP contribution < -0.4 is 0 Å². The van der Waals surface area contributed by atoms with E-state index < -0.39 is 0 Å². The summed E-state index contributed by atoms with van der Waals surface area (Å²) in [4.78, 5) is 28.1. The molecule has 0 amide bonds. The summed E-state index contributed by atoms with van der Waals surface area (Å²) in [5, 5.41) is 9.28. The molecular weight excluding hydrogens is 603 g/mol. The largest absolute Gasteiger partial charge is 0.512 e. The van der Waals surface area contributed by atoms with E-state index in [1.807, 2.05) is 55.5 Å². The molecule has 173 valence electrons. The van der Waals surface area contributed by atoms with Gasteiger partial charge in [-0.2, -0.15) is 0 Å². The Balaban J connectivity index is 0.000000357. The number of ketones is 2. The number of rotatable bonds is 2. The zero-order valence-corrected chi connectivity index (χ0v) is 21.8. The Bertz CT molecular complexity index is 1430. The molecule has 4 nitrogen and oxygen atoms in total. The summed E-state index contributed by atoms with van der Waals surface area (Å²) in [6.07, 6.45) is 1.17. The zero-order valence-electron chi connectivity index (χ0n) is 19.4. The Kier molecular flexibility index (Phi) is 7.61. The van der Waals surface area contributed by atoms with Gasteiger partial charge in [0.2, 0.25) is 0 Å². The average Bonchev–Trinajstić information content (AvgIpc) is 3.05. The summed E-state index contributed by atoms with van der Waals surface area (Å²) in [6, 6.07) is 23.3. The van der Waals surface area contributed by atoms with Gasteiger partial charge in [-0.3, -0.25) is 14.6 Å². The Morgan fingerprint density at radius 3 is 2.21 bits per heavy atom. The number of hydrogen-bond donors (Lipinski definition) is 1. The Morgan fingerprint density at radius 2 is 1.59 bits per heavy atom. The molecule has 5 rings (SSSR count). The van der Waals surface area contributed by atoms with Crippen molar-refractivity contribution < 1.29 is 34.8 Å². The van der Waals surface area contributed by atoms with Crippen LogP contribution in [0.25, 0.3) is 33.3 Å². The quantitative estimate of drug-likeness (QED) is 0.137. The fraction of sp³-hybridized carbons (Fsp3) is 0.138. The number of benzene rings is 3. The second-order valence-corrected chi connectivity index (χ2v) is 8.25. The Labute approximate surface area is 212 Å².